The first-order valence-electron chi connectivity index (χ1n) is 12.5. The molecule has 0 amide bonds. The van der Waals surface area contributed by atoms with Gasteiger partial charge in [0.25, 0.3) is 0 Å². The summed E-state index contributed by atoms with van der Waals surface area (Å²) in [4.78, 5) is 16.4. The number of benzene rings is 2. The van der Waals surface area contributed by atoms with E-state index in [1.807, 2.05) is 67.2 Å². The van der Waals surface area contributed by atoms with E-state index in [2.05, 4.69) is 29.1 Å². The molecule has 4 aromatic rings. The molecule has 0 aliphatic rings. The molecule has 0 spiro atoms. The molecule has 36 heavy (non-hydrogen) atoms. The van der Waals surface area contributed by atoms with E-state index in [0.29, 0.717) is 38.5 Å². The van der Waals surface area contributed by atoms with E-state index in [-0.39, 0.29) is 5.97 Å². The highest BCUT2D eigenvalue weighted by Gasteiger charge is 2.14. The van der Waals surface area contributed by atoms with Crippen molar-refractivity contribution in [2.75, 3.05) is 6.61 Å². The summed E-state index contributed by atoms with van der Waals surface area (Å²) in [5, 5.41) is 4.60. The Morgan fingerprint density at radius 2 is 1.81 bits per heavy atom. The number of oxazole rings is 1. The molecule has 2 heterocycles. The van der Waals surface area contributed by atoms with Gasteiger partial charge in [-0.25, -0.2) is 4.98 Å². The van der Waals surface area contributed by atoms with Crippen LogP contribution < -0.4 is 4.74 Å². The monoisotopic (exact) mass is 487 g/mol. The number of aryl methyl sites for hydroxylation is 2. The van der Waals surface area contributed by atoms with Crippen molar-refractivity contribution in [2.45, 2.75) is 59.6 Å². The van der Waals surface area contributed by atoms with Crippen LogP contribution in [0.4, 0.5) is 0 Å². The lowest BCUT2D eigenvalue weighted by Gasteiger charge is -2.10. The van der Waals surface area contributed by atoms with Crippen molar-refractivity contribution in [2.24, 2.45) is 0 Å². The van der Waals surface area contributed by atoms with Crippen LogP contribution in [-0.4, -0.2) is 27.3 Å². The quantitative estimate of drug-likeness (QED) is 0.231. The lowest BCUT2D eigenvalue weighted by molar-refractivity contribution is -0.143. The zero-order valence-electron chi connectivity index (χ0n) is 21.2. The minimum absolute atomic E-state index is 0.166. The Kier molecular flexibility index (Phi) is 8.55. The summed E-state index contributed by atoms with van der Waals surface area (Å²) in [7, 11) is 0. The van der Waals surface area contributed by atoms with E-state index in [1.165, 1.54) is 5.69 Å². The highest BCUT2D eigenvalue weighted by atomic mass is 16.5. The van der Waals surface area contributed by atoms with Crippen LogP contribution in [0.5, 0.6) is 5.75 Å². The van der Waals surface area contributed by atoms with Crippen LogP contribution >= 0.6 is 0 Å². The summed E-state index contributed by atoms with van der Waals surface area (Å²) < 4.78 is 18.9. The Morgan fingerprint density at radius 1 is 1.03 bits per heavy atom. The number of hydrogen-bond acceptors (Lipinski definition) is 6. The second kappa shape index (κ2) is 12.2. The van der Waals surface area contributed by atoms with E-state index < -0.39 is 0 Å². The van der Waals surface area contributed by atoms with Crippen LogP contribution in [0.2, 0.25) is 0 Å². The summed E-state index contributed by atoms with van der Waals surface area (Å²) in [5.74, 6) is 1.96. The first-order valence-corrected chi connectivity index (χ1v) is 12.5. The van der Waals surface area contributed by atoms with Crippen LogP contribution in [0.15, 0.2) is 65.2 Å². The summed E-state index contributed by atoms with van der Waals surface area (Å²) in [6, 6.07) is 17.9. The molecule has 0 fully saturated rings. The Hall–Kier alpha value is -3.87. The van der Waals surface area contributed by atoms with Gasteiger partial charge < -0.3 is 13.9 Å². The molecule has 4 rings (SSSR count). The molecule has 0 atom stereocenters. The van der Waals surface area contributed by atoms with Gasteiger partial charge in [-0.2, -0.15) is 5.10 Å². The minimum atomic E-state index is -0.166. The van der Waals surface area contributed by atoms with E-state index >= 15 is 0 Å². The van der Waals surface area contributed by atoms with Gasteiger partial charge in [-0.3, -0.25) is 9.48 Å². The van der Waals surface area contributed by atoms with Crippen LogP contribution in [0.1, 0.15) is 55.0 Å². The standard InChI is InChI=1S/C29H33N3O4/c1-4-9-27-24(14-17-28(33)34-5-2)18-30-32(27)19-22-12-15-25(16-13-22)35-20-26-21(3)36-29(31-26)23-10-7-6-8-11-23/h6-8,10-13,15-16,18H,4-5,9,14,17,19-20H2,1-3H3. The van der Waals surface area contributed by atoms with Crippen molar-refractivity contribution in [3.8, 4) is 17.2 Å². The van der Waals surface area contributed by atoms with Crippen molar-refractivity contribution < 1.29 is 18.7 Å². The SMILES string of the molecule is CCCc1c(CCC(=O)OCC)cnn1Cc1ccc(OCc2nc(-c3ccccc3)oc2C)cc1. The highest BCUT2D eigenvalue weighted by molar-refractivity contribution is 5.69. The average molecular weight is 488 g/mol. The van der Waals surface area contributed by atoms with Gasteiger partial charge in [0.15, 0.2) is 0 Å². The topological polar surface area (TPSA) is 79.4 Å². The molecular weight excluding hydrogens is 454 g/mol. The molecule has 0 aliphatic heterocycles. The third-order valence-electron chi connectivity index (χ3n) is 5.97. The lowest BCUT2D eigenvalue weighted by atomic mass is 10.1. The third-order valence-corrected chi connectivity index (χ3v) is 5.97. The third kappa shape index (κ3) is 6.42. The highest BCUT2D eigenvalue weighted by Crippen LogP contribution is 2.23. The maximum absolute atomic E-state index is 11.8. The van der Waals surface area contributed by atoms with Gasteiger partial charge in [-0.15, -0.1) is 0 Å². The number of rotatable bonds is 12. The first-order chi connectivity index (χ1) is 17.6. The summed E-state index contributed by atoms with van der Waals surface area (Å²) >= 11 is 0. The van der Waals surface area contributed by atoms with E-state index in [9.17, 15) is 4.79 Å². The number of nitrogens with zero attached hydrogens (tertiary/aromatic N) is 3. The van der Waals surface area contributed by atoms with Crippen LogP contribution in [-0.2, 0) is 35.5 Å². The number of carbonyl (C=O) groups excluding carboxylic acids is 1. The zero-order valence-corrected chi connectivity index (χ0v) is 21.2. The van der Waals surface area contributed by atoms with Crippen LogP contribution in [0, 0.1) is 6.92 Å². The van der Waals surface area contributed by atoms with Gasteiger partial charge in [0.05, 0.1) is 19.3 Å². The maximum atomic E-state index is 11.8. The van der Waals surface area contributed by atoms with Gasteiger partial charge >= 0.3 is 5.97 Å². The summed E-state index contributed by atoms with van der Waals surface area (Å²) in [6.07, 6.45) is 4.83. The minimum Gasteiger partial charge on any atom is -0.487 e. The molecule has 0 aliphatic carbocycles. The molecule has 7 heteroatoms. The normalized spacial score (nSPS) is 11.0. The number of esters is 1. The second-order valence-corrected chi connectivity index (χ2v) is 8.65. The Morgan fingerprint density at radius 3 is 2.53 bits per heavy atom. The second-order valence-electron chi connectivity index (χ2n) is 8.65. The van der Waals surface area contributed by atoms with Crippen LogP contribution in [0.3, 0.4) is 0 Å². The molecule has 0 unspecified atom stereocenters. The van der Waals surface area contributed by atoms with E-state index in [1.54, 1.807) is 0 Å². The number of ether oxygens (including phenoxy) is 2. The predicted octanol–water partition coefficient (Wildman–Crippen LogP) is 5.92. The molecule has 0 radical (unpaired) electrons. The zero-order chi connectivity index (χ0) is 25.3. The average Bonchev–Trinajstić information content (AvgIpc) is 3.46. The fraction of sp³-hybridized carbons (Fsp3) is 0.345. The van der Waals surface area contributed by atoms with Crippen molar-refractivity contribution in [3.63, 3.8) is 0 Å². The fourth-order valence-corrected chi connectivity index (χ4v) is 4.07. The Balaban J connectivity index is 1.37. The number of carbonyl (C=O) groups is 1. The van der Waals surface area contributed by atoms with Crippen LogP contribution in [0.25, 0.3) is 11.5 Å². The van der Waals surface area contributed by atoms with E-state index in [0.717, 1.165) is 46.7 Å². The molecule has 2 aromatic heterocycles. The lowest BCUT2D eigenvalue weighted by Crippen LogP contribution is -2.09. The van der Waals surface area contributed by atoms with Gasteiger partial charge in [0.2, 0.25) is 5.89 Å². The molecule has 0 N–H and O–H groups in total. The summed E-state index contributed by atoms with van der Waals surface area (Å²) in [5.41, 5.74) is 5.15. The molecule has 2 aromatic carbocycles. The molecule has 7 nitrogen and oxygen atoms in total. The predicted molar refractivity (Wildman–Crippen MR) is 138 cm³/mol. The molecular formula is C29H33N3O4. The Bertz CT molecular complexity index is 1260. The van der Waals surface area contributed by atoms with E-state index in [4.69, 9.17) is 13.9 Å². The number of aromatic nitrogens is 3. The fourth-order valence-electron chi connectivity index (χ4n) is 4.07. The van der Waals surface area contributed by atoms with Gasteiger partial charge in [-0.05, 0) is 62.1 Å². The molecule has 0 saturated carbocycles. The van der Waals surface area contributed by atoms with Gasteiger partial charge in [0.1, 0.15) is 23.8 Å². The van der Waals surface area contributed by atoms with Gasteiger partial charge in [-0.1, -0.05) is 43.7 Å². The molecule has 188 valence electrons. The maximum Gasteiger partial charge on any atom is 0.306 e. The largest absolute Gasteiger partial charge is 0.487 e. The molecule has 0 bridgehead atoms. The number of hydrogen-bond donors (Lipinski definition) is 0. The summed E-state index contributed by atoms with van der Waals surface area (Å²) in [6.45, 7) is 7.29. The van der Waals surface area contributed by atoms with Crippen molar-refractivity contribution in [3.05, 3.63) is 89.1 Å². The smallest absolute Gasteiger partial charge is 0.306 e. The van der Waals surface area contributed by atoms with Crippen molar-refractivity contribution in [1.82, 2.24) is 14.8 Å². The molecule has 0 saturated heterocycles. The van der Waals surface area contributed by atoms with Gasteiger partial charge in [0, 0.05) is 17.7 Å². The Labute approximate surface area is 212 Å². The van der Waals surface area contributed by atoms with Crippen molar-refractivity contribution >= 4 is 5.97 Å². The first kappa shape index (κ1) is 25.2. The van der Waals surface area contributed by atoms with Crippen molar-refractivity contribution in [1.29, 1.82) is 0 Å².